The number of carbonyl (C=O) groups excluding carboxylic acids is 1. The summed E-state index contributed by atoms with van der Waals surface area (Å²) in [4.78, 5) is 14.7. The van der Waals surface area contributed by atoms with Crippen LogP contribution in [0.25, 0.3) is 0 Å². The minimum atomic E-state index is -0.327. The number of carbonyl (C=O) groups is 1. The molecule has 1 amide bonds. The van der Waals surface area contributed by atoms with Crippen molar-refractivity contribution in [1.82, 2.24) is 15.1 Å². The van der Waals surface area contributed by atoms with E-state index in [2.05, 4.69) is 22.3 Å². The lowest BCUT2D eigenvalue weighted by molar-refractivity contribution is -0.141. The van der Waals surface area contributed by atoms with Crippen LogP contribution < -0.4 is 0 Å². The monoisotopic (exact) mass is 341 g/mol. The van der Waals surface area contributed by atoms with Crippen LogP contribution in [-0.2, 0) is 9.53 Å². The number of hydrogen-bond donors (Lipinski definition) is 0. The molecule has 0 N–H and O–H groups in total. The molecule has 6 heteroatoms. The quantitative estimate of drug-likeness (QED) is 0.855. The molecular formula is C19H23N3O3. The van der Waals surface area contributed by atoms with E-state index in [0.717, 1.165) is 6.42 Å². The van der Waals surface area contributed by atoms with E-state index in [0.29, 0.717) is 37.4 Å². The summed E-state index contributed by atoms with van der Waals surface area (Å²) in [5, 5.41) is 8.16. The Kier molecular flexibility index (Phi) is 4.29. The first-order valence-corrected chi connectivity index (χ1v) is 8.92. The number of benzene rings is 1. The first-order chi connectivity index (χ1) is 12.1. The highest BCUT2D eigenvalue weighted by atomic mass is 16.5. The van der Waals surface area contributed by atoms with Gasteiger partial charge in [-0.2, -0.15) is 0 Å². The van der Waals surface area contributed by atoms with E-state index in [1.807, 2.05) is 36.9 Å². The molecule has 4 rings (SSSR count). The second-order valence-electron chi connectivity index (χ2n) is 7.14. The van der Waals surface area contributed by atoms with Crippen molar-refractivity contribution >= 4 is 5.91 Å². The molecule has 0 bridgehead atoms. The highest BCUT2D eigenvalue weighted by molar-refractivity contribution is 5.83. The summed E-state index contributed by atoms with van der Waals surface area (Å²) in [7, 11) is 0. The number of hydrogen-bond acceptors (Lipinski definition) is 5. The van der Waals surface area contributed by atoms with E-state index >= 15 is 0 Å². The third-order valence-corrected chi connectivity index (χ3v) is 4.94. The zero-order valence-corrected chi connectivity index (χ0v) is 14.6. The lowest BCUT2D eigenvalue weighted by atomic mass is 10.1. The lowest BCUT2D eigenvalue weighted by Gasteiger charge is -2.31. The highest BCUT2D eigenvalue weighted by Gasteiger charge is 2.46. The van der Waals surface area contributed by atoms with E-state index in [-0.39, 0.29) is 23.8 Å². The molecule has 25 heavy (non-hydrogen) atoms. The van der Waals surface area contributed by atoms with Crippen LogP contribution in [0, 0.1) is 5.92 Å². The van der Waals surface area contributed by atoms with Crippen LogP contribution in [-0.4, -0.2) is 40.7 Å². The number of rotatable bonds is 4. The maximum atomic E-state index is 12.8. The van der Waals surface area contributed by atoms with Gasteiger partial charge in [-0.1, -0.05) is 44.2 Å². The highest BCUT2D eigenvalue weighted by Crippen LogP contribution is 2.48. The van der Waals surface area contributed by atoms with Crippen molar-refractivity contribution in [1.29, 1.82) is 0 Å². The number of morpholine rings is 1. The molecule has 1 aliphatic carbocycles. The Balaban J connectivity index is 1.40. The van der Waals surface area contributed by atoms with Gasteiger partial charge in [0, 0.05) is 18.4 Å². The Morgan fingerprint density at radius 1 is 1.24 bits per heavy atom. The second kappa shape index (κ2) is 6.59. The third kappa shape index (κ3) is 3.31. The number of amides is 1. The van der Waals surface area contributed by atoms with Crippen LogP contribution in [0.2, 0.25) is 0 Å². The Morgan fingerprint density at radius 3 is 2.76 bits per heavy atom. The molecule has 2 heterocycles. The average Bonchev–Trinajstić information content (AvgIpc) is 3.29. The van der Waals surface area contributed by atoms with Gasteiger partial charge in [-0.15, -0.1) is 10.2 Å². The molecule has 1 saturated carbocycles. The molecule has 132 valence electrons. The summed E-state index contributed by atoms with van der Waals surface area (Å²) in [6.45, 7) is 5.62. The normalized spacial score (nSPS) is 26.0. The minimum Gasteiger partial charge on any atom is -0.422 e. The van der Waals surface area contributed by atoms with Crippen LogP contribution in [0.5, 0.6) is 0 Å². The summed E-state index contributed by atoms with van der Waals surface area (Å²) in [6, 6.07) is 10.3. The van der Waals surface area contributed by atoms with Crippen LogP contribution >= 0.6 is 0 Å². The molecule has 0 spiro atoms. The van der Waals surface area contributed by atoms with Crippen LogP contribution in [0.15, 0.2) is 34.7 Å². The number of aromatic nitrogens is 2. The van der Waals surface area contributed by atoms with Gasteiger partial charge in [0.1, 0.15) is 0 Å². The Bertz CT molecular complexity index is 743. The molecule has 1 aliphatic heterocycles. The summed E-state index contributed by atoms with van der Waals surface area (Å²) in [5.41, 5.74) is 1.25. The van der Waals surface area contributed by atoms with Gasteiger partial charge in [-0.25, -0.2) is 0 Å². The average molecular weight is 341 g/mol. The van der Waals surface area contributed by atoms with Crippen LogP contribution in [0.4, 0.5) is 0 Å². The van der Waals surface area contributed by atoms with E-state index in [1.54, 1.807) is 0 Å². The van der Waals surface area contributed by atoms with Crippen molar-refractivity contribution in [2.45, 2.75) is 38.2 Å². The predicted molar refractivity (Wildman–Crippen MR) is 91.0 cm³/mol. The SMILES string of the molecule is CC(C)c1nnc([C@@H]2CN(C(=O)[C@@H]3C[C@@H]3c3ccccc3)CCO2)o1. The molecule has 0 radical (unpaired) electrons. The number of nitrogens with zero attached hydrogens (tertiary/aromatic N) is 3. The molecule has 0 unspecified atom stereocenters. The van der Waals surface area contributed by atoms with Gasteiger partial charge < -0.3 is 14.1 Å². The van der Waals surface area contributed by atoms with Gasteiger partial charge in [-0.3, -0.25) is 4.79 Å². The second-order valence-corrected chi connectivity index (χ2v) is 7.14. The smallest absolute Gasteiger partial charge is 0.247 e. The largest absolute Gasteiger partial charge is 0.422 e. The molecule has 1 aromatic heterocycles. The van der Waals surface area contributed by atoms with E-state index < -0.39 is 0 Å². The van der Waals surface area contributed by atoms with Crippen molar-refractivity contribution in [3.63, 3.8) is 0 Å². The standard InChI is InChI=1S/C19H23N3O3/c1-12(2)17-20-21-18(25-17)16-11-22(8-9-24-16)19(23)15-10-14(15)13-6-4-3-5-7-13/h3-7,12,14-16H,8-11H2,1-2H3/t14-,15-,16+/m1/s1. The van der Waals surface area contributed by atoms with Gasteiger partial charge in [-0.05, 0) is 17.9 Å². The molecule has 2 fully saturated rings. The van der Waals surface area contributed by atoms with Crippen molar-refractivity contribution in [3.05, 3.63) is 47.7 Å². The van der Waals surface area contributed by atoms with Gasteiger partial charge in [0.2, 0.25) is 17.7 Å². The Hall–Kier alpha value is -2.21. The number of ether oxygens (including phenoxy) is 1. The Morgan fingerprint density at radius 2 is 2.04 bits per heavy atom. The zero-order valence-electron chi connectivity index (χ0n) is 14.6. The molecule has 6 nitrogen and oxygen atoms in total. The van der Waals surface area contributed by atoms with Gasteiger partial charge >= 0.3 is 0 Å². The van der Waals surface area contributed by atoms with E-state index in [1.165, 1.54) is 5.56 Å². The summed E-state index contributed by atoms with van der Waals surface area (Å²) >= 11 is 0. The third-order valence-electron chi connectivity index (χ3n) is 4.94. The van der Waals surface area contributed by atoms with E-state index in [9.17, 15) is 4.79 Å². The molecule has 3 atom stereocenters. The summed E-state index contributed by atoms with van der Waals surface area (Å²) in [6.07, 6.45) is 0.606. The lowest BCUT2D eigenvalue weighted by Crippen LogP contribution is -2.43. The van der Waals surface area contributed by atoms with Crippen LogP contribution in [0.3, 0.4) is 0 Å². The zero-order chi connectivity index (χ0) is 17.4. The maximum Gasteiger partial charge on any atom is 0.247 e. The maximum absolute atomic E-state index is 12.8. The molecule has 2 aliphatic rings. The van der Waals surface area contributed by atoms with Crippen LogP contribution in [0.1, 0.15) is 55.6 Å². The minimum absolute atomic E-state index is 0.0926. The fourth-order valence-electron chi connectivity index (χ4n) is 3.38. The molecule has 1 aromatic carbocycles. The van der Waals surface area contributed by atoms with Crippen molar-refractivity contribution in [3.8, 4) is 0 Å². The first kappa shape index (κ1) is 16.3. The predicted octanol–water partition coefficient (Wildman–Crippen LogP) is 2.90. The fourth-order valence-corrected chi connectivity index (χ4v) is 3.38. The van der Waals surface area contributed by atoms with E-state index in [4.69, 9.17) is 9.15 Å². The van der Waals surface area contributed by atoms with Crippen molar-refractivity contribution in [2.24, 2.45) is 5.92 Å². The fraction of sp³-hybridized carbons (Fsp3) is 0.526. The topological polar surface area (TPSA) is 68.5 Å². The first-order valence-electron chi connectivity index (χ1n) is 8.92. The Labute approximate surface area is 147 Å². The summed E-state index contributed by atoms with van der Waals surface area (Å²) < 4.78 is 11.5. The molecule has 2 aromatic rings. The van der Waals surface area contributed by atoms with Crippen molar-refractivity contribution in [2.75, 3.05) is 19.7 Å². The van der Waals surface area contributed by atoms with Gasteiger partial charge in [0.05, 0.1) is 13.2 Å². The molecule has 1 saturated heterocycles. The molecular weight excluding hydrogens is 318 g/mol. The summed E-state index contributed by atoms with van der Waals surface area (Å²) in [5.74, 6) is 1.91. The van der Waals surface area contributed by atoms with Gasteiger partial charge in [0.15, 0.2) is 6.10 Å². The van der Waals surface area contributed by atoms with Crippen molar-refractivity contribution < 1.29 is 13.9 Å². The van der Waals surface area contributed by atoms with Gasteiger partial charge in [0.25, 0.3) is 0 Å².